The molecule has 1 N–H and O–H groups in total. The van der Waals surface area contributed by atoms with Crippen LogP contribution in [0.3, 0.4) is 0 Å². The van der Waals surface area contributed by atoms with Gasteiger partial charge in [0.25, 0.3) is 0 Å². The second-order valence-corrected chi connectivity index (χ2v) is 4.53. The minimum atomic E-state index is -4.25. The van der Waals surface area contributed by atoms with Crippen molar-refractivity contribution >= 4 is 0 Å². The number of morpholine rings is 1. The molecule has 18 heavy (non-hydrogen) atoms. The highest BCUT2D eigenvalue weighted by molar-refractivity contribution is 4.75. The van der Waals surface area contributed by atoms with Gasteiger partial charge < -0.3 is 14.6 Å². The summed E-state index contributed by atoms with van der Waals surface area (Å²) in [5.74, 6) is 0. The standard InChI is InChI=1S/C11H20F3NO3/c1-9-5-15(6-10(7-16)18-9)3-2-4-17-8-11(12,13)14/h9-10,16H,2-8H2,1H3. The zero-order valence-corrected chi connectivity index (χ0v) is 10.4. The van der Waals surface area contributed by atoms with E-state index in [4.69, 9.17) is 9.84 Å². The van der Waals surface area contributed by atoms with Crippen molar-refractivity contribution in [2.45, 2.75) is 31.7 Å². The van der Waals surface area contributed by atoms with Gasteiger partial charge in [-0.25, -0.2) is 0 Å². The van der Waals surface area contributed by atoms with E-state index in [1.54, 1.807) is 0 Å². The zero-order valence-electron chi connectivity index (χ0n) is 10.4. The Morgan fingerprint density at radius 3 is 2.72 bits per heavy atom. The molecule has 0 aromatic rings. The van der Waals surface area contributed by atoms with Crippen LogP contribution in [0.15, 0.2) is 0 Å². The first-order chi connectivity index (χ1) is 8.40. The molecule has 0 radical (unpaired) electrons. The summed E-state index contributed by atoms with van der Waals surface area (Å²) in [6, 6.07) is 0. The normalized spacial score (nSPS) is 26.5. The van der Waals surface area contributed by atoms with Gasteiger partial charge in [0, 0.05) is 26.2 Å². The largest absolute Gasteiger partial charge is 0.411 e. The van der Waals surface area contributed by atoms with E-state index in [9.17, 15) is 13.2 Å². The number of alkyl halides is 3. The first kappa shape index (κ1) is 15.7. The highest BCUT2D eigenvalue weighted by Crippen LogP contribution is 2.15. The highest BCUT2D eigenvalue weighted by Gasteiger charge is 2.27. The summed E-state index contributed by atoms with van der Waals surface area (Å²) < 4.78 is 45.4. The molecule has 2 unspecified atom stereocenters. The molecule has 0 spiro atoms. The lowest BCUT2D eigenvalue weighted by Gasteiger charge is -2.36. The average Bonchev–Trinajstić information content (AvgIpc) is 2.26. The van der Waals surface area contributed by atoms with Crippen LogP contribution >= 0.6 is 0 Å². The van der Waals surface area contributed by atoms with Gasteiger partial charge >= 0.3 is 6.18 Å². The summed E-state index contributed by atoms with van der Waals surface area (Å²) >= 11 is 0. The summed E-state index contributed by atoms with van der Waals surface area (Å²) in [4.78, 5) is 2.08. The Hall–Kier alpha value is -0.370. The molecule has 1 fully saturated rings. The van der Waals surface area contributed by atoms with Crippen LogP contribution in [-0.4, -0.2) is 67.8 Å². The molecule has 0 saturated carbocycles. The van der Waals surface area contributed by atoms with Crippen LogP contribution in [-0.2, 0) is 9.47 Å². The number of ether oxygens (including phenoxy) is 2. The maximum Gasteiger partial charge on any atom is 0.411 e. The molecule has 7 heteroatoms. The molecule has 1 saturated heterocycles. The van der Waals surface area contributed by atoms with Gasteiger partial charge in [0.1, 0.15) is 6.61 Å². The van der Waals surface area contributed by atoms with Gasteiger partial charge in [0.15, 0.2) is 0 Å². The lowest BCUT2D eigenvalue weighted by atomic mass is 10.2. The zero-order chi connectivity index (χ0) is 13.6. The second kappa shape index (κ2) is 7.28. The van der Waals surface area contributed by atoms with Gasteiger partial charge in [-0.3, -0.25) is 4.90 Å². The molecule has 1 aliphatic heterocycles. The number of halogens is 3. The third-order valence-electron chi connectivity index (χ3n) is 2.63. The lowest BCUT2D eigenvalue weighted by molar-refractivity contribution is -0.174. The van der Waals surface area contributed by atoms with Gasteiger partial charge in [-0.2, -0.15) is 13.2 Å². The second-order valence-electron chi connectivity index (χ2n) is 4.53. The molecule has 1 heterocycles. The van der Waals surface area contributed by atoms with Gasteiger partial charge in [-0.15, -0.1) is 0 Å². The quantitative estimate of drug-likeness (QED) is 0.733. The summed E-state index contributed by atoms with van der Waals surface area (Å²) in [5, 5.41) is 9.02. The van der Waals surface area contributed by atoms with Crippen molar-refractivity contribution in [3.63, 3.8) is 0 Å². The number of aliphatic hydroxyl groups excluding tert-OH is 1. The van der Waals surface area contributed by atoms with Gasteiger partial charge in [0.05, 0.1) is 18.8 Å². The van der Waals surface area contributed by atoms with Crippen molar-refractivity contribution in [1.29, 1.82) is 0 Å². The maximum absolute atomic E-state index is 11.8. The van der Waals surface area contributed by atoms with E-state index in [0.717, 1.165) is 6.54 Å². The molecule has 0 bridgehead atoms. The Bertz CT molecular complexity index is 238. The summed E-state index contributed by atoms with van der Waals surface area (Å²) in [6.45, 7) is 2.78. The summed E-state index contributed by atoms with van der Waals surface area (Å²) in [5.41, 5.74) is 0. The topological polar surface area (TPSA) is 41.9 Å². The average molecular weight is 271 g/mol. The summed E-state index contributed by atoms with van der Waals surface area (Å²) in [6.07, 6.45) is -3.88. The number of nitrogens with zero attached hydrogens (tertiary/aromatic N) is 1. The van der Waals surface area contributed by atoms with E-state index in [1.165, 1.54) is 0 Å². The van der Waals surface area contributed by atoms with Crippen molar-refractivity contribution in [1.82, 2.24) is 4.90 Å². The molecular formula is C11H20F3NO3. The first-order valence-corrected chi connectivity index (χ1v) is 6.04. The van der Waals surface area contributed by atoms with Crippen LogP contribution in [0.25, 0.3) is 0 Å². The van der Waals surface area contributed by atoms with E-state index in [2.05, 4.69) is 9.64 Å². The molecule has 2 atom stereocenters. The Morgan fingerprint density at radius 1 is 1.39 bits per heavy atom. The smallest absolute Gasteiger partial charge is 0.394 e. The Morgan fingerprint density at radius 2 is 2.11 bits per heavy atom. The van der Waals surface area contributed by atoms with Crippen molar-refractivity contribution < 1.29 is 27.8 Å². The monoisotopic (exact) mass is 271 g/mol. The molecule has 1 rings (SSSR count). The molecule has 0 aliphatic carbocycles. The highest BCUT2D eigenvalue weighted by atomic mass is 19.4. The number of hydrogen-bond donors (Lipinski definition) is 1. The van der Waals surface area contributed by atoms with Crippen molar-refractivity contribution in [3.8, 4) is 0 Å². The lowest BCUT2D eigenvalue weighted by Crippen LogP contribution is -2.48. The predicted octanol–water partition coefficient (Wildman–Crippen LogP) is 1.04. The molecule has 0 amide bonds. The fraction of sp³-hybridized carbons (Fsp3) is 1.00. The van der Waals surface area contributed by atoms with Crippen LogP contribution in [0.4, 0.5) is 13.2 Å². The molecule has 1 aliphatic rings. The minimum absolute atomic E-state index is 0.0343. The third kappa shape index (κ3) is 6.53. The van der Waals surface area contributed by atoms with Crippen LogP contribution in [0.5, 0.6) is 0 Å². The van der Waals surface area contributed by atoms with Crippen LogP contribution in [0.1, 0.15) is 13.3 Å². The van der Waals surface area contributed by atoms with Gasteiger partial charge in [0.2, 0.25) is 0 Å². The van der Waals surface area contributed by atoms with E-state index in [1.807, 2.05) is 6.92 Å². The Balaban J connectivity index is 2.11. The third-order valence-corrected chi connectivity index (χ3v) is 2.63. The SMILES string of the molecule is CC1CN(CCCOCC(F)(F)F)CC(CO)O1. The molecular weight excluding hydrogens is 251 g/mol. The van der Waals surface area contributed by atoms with Crippen LogP contribution in [0.2, 0.25) is 0 Å². The number of rotatable bonds is 6. The molecule has 0 aromatic carbocycles. The van der Waals surface area contributed by atoms with E-state index < -0.39 is 12.8 Å². The Kier molecular flexibility index (Phi) is 6.34. The van der Waals surface area contributed by atoms with Crippen LogP contribution in [0, 0.1) is 0 Å². The number of hydrogen-bond acceptors (Lipinski definition) is 4. The molecule has 0 aromatic heterocycles. The predicted molar refractivity (Wildman–Crippen MR) is 59.4 cm³/mol. The summed E-state index contributed by atoms with van der Waals surface area (Å²) in [7, 11) is 0. The van der Waals surface area contributed by atoms with Crippen LogP contribution < -0.4 is 0 Å². The van der Waals surface area contributed by atoms with Gasteiger partial charge in [-0.05, 0) is 13.3 Å². The van der Waals surface area contributed by atoms with E-state index in [0.29, 0.717) is 19.5 Å². The minimum Gasteiger partial charge on any atom is -0.394 e. The fourth-order valence-corrected chi connectivity index (χ4v) is 2.00. The maximum atomic E-state index is 11.8. The number of aliphatic hydroxyl groups is 1. The fourth-order valence-electron chi connectivity index (χ4n) is 2.00. The van der Waals surface area contributed by atoms with E-state index in [-0.39, 0.29) is 25.4 Å². The van der Waals surface area contributed by atoms with Crippen molar-refractivity contribution in [3.05, 3.63) is 0 Å². The van der Waals surface area contributed by atoms with Gasteiger partial charge in [-0.1, -0.05) is 0 Å². The Labute approximate surface area is 105 Å². The van der Waals surface area contributed by atoms with E-state index >= 15 is 0 Å². The molecule has 108 valence electrons. The van der Waals surface area contributed by atoms with Crippen molar-refractivity contribution in [2.24, 2.45) is 0 Å². The first-order valence-electron chi connectivity index (χ1n) is 6.04. The molecule has 4 nitrogen and oxygen atoms in total. The van der Waals surface area contributed by atoms with Crippen molar-refractivity contribution in [2.75, 3.05) is 39.5 Å².